The first kappa shape index (κ1) is 10.5. The summed E-state index contributed by atoms with van der Waals surface area (Å²) in [5.41, 5.74) is 0.177. The van der Waals surface area contributed by atoms with E-state index in [0.717, 1.165) is 30.7 Å². The summed E-state index contributed by atoms with van der Waals surface area (Å²) in [7, 11) is 1.64. The van der Waals surface area contributed by atoms with Crippen LogP contribution >= 0.6 is 0 Å². The summed E-state index contributed by atoms with van der Waals surface area (Å²) in [5, 5.41) is 14.6. The number of methoxy groups -OCH3 is 1. The summed E-state index contributed by atoms with van der Waals surface area (Å²) in [6.45, 7) is 1.39. The molecule has 1 saturated heterocycles. The predicted octanol–water partition coefficient (Wildman–Crippen LogP) is 1.28. The van der Waals surface area contributed by atoms with Gasteiger partial charge in [-0.2, -0.15) is 0 Å². The molecule has 1 aliphatic rings. The molecule has 1 atom stereocenters. The molecule has 3 nitrogen and oxygen atoms in total. The van der Waals surface area contributed by atoms with Crippen LogP contribution in [0.2, 0.25) is 0 Å². The van der Waals surface area contributed by atoms with Crippen LogP contribution in [-0.2, 0) is 5.60 Å². The smallest absolute Gasteiger partial charge is 0.118 e. The summed E-state index contributed by atoms with van der Waals surface area (Å²) in [6, 6.07) is 7.59. The summed E-state index contributed by atoms with van der Waals surface area (Å²) >= 11 is 0. The minimum absolute atomic E-state index is 0.513. The van der Waals surface area contributed by atoms with Gasteiger partial charge in [-0.3, -0.25) is 0 Å². The molecule has 15 heavy (non-hydrogen) atoms. The van der Waals surface area contributed by atoms with Crippen molar-refractivity contribution in [3.63, 3.8) is 0 Å². The Morgan fingerprint density at radius 2 is 2.07 bits per heavy atom. The van der Waals surface area contributed by atoms with E-state index in [4.69, 9.17) is 4.74 Å². The summed E-state index contributed by atoms with van der Waals surface area (Å²) in [4.78, 5) is 0. The van der Waals surface area contributed by atoms with Gasteiger partial charge in [0, 0.05) is 13.1 Å². The highest BCUT2D eigenvalue weighted by Gasteiger charge is 2.31. The second-order valence-corrected chi connectivity index (χ2v) is 3.97. The Bertz CT molecular complexity index is 315. The molecule has 2 rings (SSSR count). The summed E-state index contributed by atoms with van der Waals surface area (Å²) in [5.74, 6) is 0.815. The van der Waals surface area contributed by atoms with Crippen LogP contribution in [0, 0.1) is 0 Å². The third-order valence-electron chi connectivity index (χ3n) is 2.91. The van der Waals surface area contributed by atoms with Gasteiger partial charge in [0.05, 0.1) is 7.11 Å². The third kappa shape index (κ3) is 2.13. The lowest BCUT2D eigenvalue weighted by atomic mass is 9.87. The Morgan fingerprint density at radius 3 is 2.60 bits per heavy atom. The zero-order valence-electron chi connectivity index (χ0n) is 8.94. The van der Waals surface area contributed by atoms with Gasteiger partial charge in [-0.05, 0) is 30.5 Å². The van der Waals surface area contributed by atoms with Crippen LogP contribution in [0.4, 0.5) is 0 Å². The topological polar surface area (TPSA) is 43.6 Å². The molecule has 0 aromatic heterocycles. The van der Waals surface area contributed by atoms with Crippen molar-refractivity contribution in [1.29, 1.82) is 0 Å². The van der Waals surface area contributed by atoms with Crippen molar-refractivity contribution < 1.29 is 9.84 Å². The van der Waals surface area contributed by atoms with Crippen LogP contribution in [0.25, 0.3) is 0 Å². The lowest BCUT2D eigenvalue weighted by Gasteiger charge is -2.32. The van der Waals surface area contributed by atoms with E-state index >= 15 is 0 Å². The molecule has 1 fully saturated rings. The van der Waals surface area contributed by atoms with Crippen molar-refractivity contribution in [1.82, 2.24) is 5.32 Å². The predicted molar refractivity (Wildman–Crippen MR) is 58.0 cm³/mol. The van der Waals surface area contributed by atoms with Gasteiger partial charge in [-0.1, -0.05) is 12.1 Å². The normalized spacial score (nSPS) is 26.3. The van der Waals surface area contributed by atoms with E-state index < -0.39 is 5.60 Å². The van der Waals surface area contributed by atoms with Gasteiger partial charge in [-0.25, -0.2) is 5.32 Å². The molecule has 0 amide bonds. The van der Waals surface area contributed by atoms with Crippen molar-refractivity contribution in [2.45, 2.75) is 18.4 Å². The van der Waals surface area contributed by atoms with Crippen LogP contribution in [-0.4, -0.2) is 25.3 Å². The number of nitrogens with zero attached hydrogens (tertiary/aromatic N) is 1. The second kappa shape index (κ2) is 4.21. The van der Waals surface area contributed by atoms with Gasteiger partial charge in [0.25, 0.3) is 0 Å². The standard InChI is InChI=1S/C12H16NO2/c1-15-11-5-3-10(4-6-11)12(14)7-2-8-13-9-12/h3-6,14H,2,7-9H2,1H3. The number of ether oxygens (including phenoxy) is 1. The molecule has 1 heterocycles. The van der Waals surface area contributed by atoms with Crippen LogP contribution in [0.15, 0.2) is 24.3 Å². The van der Waals surface area contributed by atoms with Gasteiger partial charge in [0.15, 0.2) is 0 Å². The number of piperidine rings is 1. The largest absolute Gasteiger partial charge is 0.497 e. The van der Waals surface area contributed by atoms with E-state index in [9.17, 15) is 5.11 Å². The zero-order chi connectivity index (χ0) is 10.7. The molecule has 1 aromatic carbocycles. The van der Waals surface area contributed by atoms with Crippen molar-refractivity contribution in [3.05, 3.63) is 29.8 Å². The van der Waals surface area contributed by atoms with Gasteiger partial charge >= 0.3 is 0 Å². The molecular weight excluding hydrogens is 190 g/mol. The SMILES string of the molecule is COc1ccc(C2(O)CCC[N]C2)cc1. The van der Waals surface area contributed by atoms with E-state index in [0.29, 0.717) is 6.54 Å². The lowest BCUT2D eigenvalue weighted by Crippen LogP contribution is -2.39. The maximum atomic E-state index is 10.4. The number of aliphatic hydroxyl groups is 1. The number of hydrogen-bond donors (Lipinski definition) is 1. The van der Waals surface area contributed by atoms with Crippen LogP contribution < -0.4 is 10.1 Å². The molecule has 3 heteroatoms. The number of hydrogen-bond acceptors (Lipinski definition) is 2. The molecule has 0 aliphatic carbocycles. The maximum Gasteiger partial charge on any atom is 0.118 e. The first-order valence-corrected chi connectivity index (χ1v) is 5.25. The fourth-order valence-electron chi connectivity index (χ4n) is 1.96. The van der Waals surface area contributed by atoms with E-state index in [2.05, 4.69) is 5.32 Å². The van der Waals surface area contributed by atoms with Crippen LogP contribution in [0.3, 0.4) is 0 Å². The average molecular weight is 206 g/mol. The minimum Gasteiger partial charge on any atom is -0.497 e. The molecule has 0 bridgehead atoms. The second-order valence-electron chi connectivity index (χ2n) is 3.97. The van der Waals surface area contributed by atoms with Gasteiger partial charge in [0.1, 0.15) is 11.4 Å². The summed E-state index contributed by atoms with van der Waals surface area (Å²) < 4.78 is 5.08. The lowest BCUT2D eigenvalue weighted by molar-refractivity contribution is 0.0110. The van der Waals surface area contributed by atoms with Crippen LogP contribution in [0.1, 0.15) is 18.4 Å². The fourth-order valence-corrected chi connectivity index (χ4v) is 1.96. The van der Waals surface area contributed by atoms with Crippen molar-refractivity contribution in [2.75, 3.05) is 20.2 Å². The quantitative estimate of drug-likeness (QED) is 0.792. The molecular formula is C12H16NO2. The highest BCUT2D eigenvalue weighted by atomic mass is 16.5. The average Bonchev–Trinajstić information content (AvgIpc) is 2.30. The molecule has 1 aromatic rings. The number of rotatable bonds is 2. The molecule has 1 unspecified atom stereocenters. The van der Waals surface area contributed by atoms with Crippen molar-refractivity contribution in [2.24, 2.45) is 0 Å². The van der Waals surface area contributed by atoms with E-state index in [-0.39, 0.29) is 0 Å². The van der Waals surface area contributed by atoms with E-state index in [1.165, 1.54) is 0 Å². The van der Waals surface area contributed by atoms with Crippen LogP contribution in [0.5, 0.6) is 5.75 Å². The highest BCUT2D eigenvalue weighted by molar-refractivity contribution is 5.31. The minimum atomic E-state index is -0.759. The zero-order valence-corrected chi connectivity index (χ0v) is 8.94. The Morgan fingerprint density at radius 1 is 1.33 bits per heavy atom. The van der Waals surface area contributed by atoms with E-state index in [1.54, 1.807) is 7.11 Å². The molecule has 81 valence electrons. The maximum absolute atomic E-state index is 10.4. The molecule has 0 saturated carbocycles. The third-order valence-corrected chi connectivity index (χ3v) is 2.91. The van der Waals surface area contributed by atoms with Crippen molar-refractivity contribution in [3.8, 4) is 5.75 Å². The monoisotopic (exact) mass is 206 g/mol. The Kier molecular flexibility index (Phi) is 2.93. The molecule has 1 aliphatic heterocycles. The Balaban J connectivity index is 2.20. The first-order chi connectivity index (χ1) is 7.24. The first-order valence-electron chi connectivity index (χ1n) is 5.25. The Hall–Kier alpha value is -1.06. The van der Waals surface area contributed by atoms with Crippen molar-refractivity contribution >= 4 is 0 Å². The Labute approximate surface area is 90.1 Å². The van der Waals surface area contributed by atoms with Gasteiger partial charge in [-0.15, -0.1) is 0 Å². The van der Waals surface area contributed by atoms with Gasteiger partial charge in [0.2, 0.25) is 0 Å². The molecule has 0 spiro atoms. The molecule has 1 radical (unpaired) electrons. The highest BCUT2D eigenvalue weighted by Crippen LogP contribution is 2.29. The van der Waals surface area contributed by atoms with Gasteiger partial charge < -0.3 is 9.84 Å². The summed E-state index contributed by atoms with van der Waals surface area (Å²) in [6.07, 6.45) is 1.76. The molecule has 1 N–H and O–H groups in total. The fraction of sp³-hybridized carbons (Fsp3) is 0.500. The number of benzene rings is 1. The van der Waals surface area contributed by atoms with E-state index in [1.807, 2.05) is 24.3 Å².